The lowest BCUT2D eigenvalue weighted by atomic mass is 9.96. The lowest BCUT2D eigenvalue weighted by Crippen LogP contribution is -2.32. The Labute approximate surface area is 141 Å². The topological polar surface area (TPSA) is 55.4 Å². The van der Waals surface area contributed by atoms with E-state index in [0.717, 1.165) is 24.0 Å². The van der Waals surface area contributed by atoms with Crippen LogP contribution in [0.3, 0.4) is 0 Å². The molecule has 1 aliphatic rings. The first-order chi connectivity index (χ1) is 11.4. The van der Waals surface area contributed by atoms with Crippen molar-refractivity contribution in [2.45, 2.75) is 30.1 Å². The number of methoxy groups -OCH3 is 1. The molecule has 0 spiro atoms. The predicted molar refractivity (Wildman–Crippen MR) is 90.2 cm³/mol. The summed E-state index contributed by atoms with van der Waals surface area (Å²) in [5, 5.41) is 0. The number of aryl methyl sites for hydroxylation is 1. The van der Waals surface area contributed by atoms with Gasteiger partial charge in [0.2, 0.25) is 10.0 Å². The van der Waals surface area contributed by atoms with Crippen molar-refractivity contribution in [1.29, 1.82) is 0 Å². The molecule has 24 heavy (non-hydrogen) atoms. The van der Waals surface area contributed by atoms with Gasteiger partial charge in [0.25, 0.3) is 0 Å². The maximum Gasteiger partial charge on any atom is 0.240 e. The summed E-state index contributed by atoms with van der Waals surface area (Å²) in [6.07, 6.45) is 1.78. The summed E-state index contributed by atoms with van der Waals surface area (Å²) >= 11 is 0. The average molecular weight is 349 g/mol. The molecule has 1 fully saturated rings. The molecule has 0 aliphatic heterocycles. The molecule has 3 rings (SSSR count). The monoisotopic (exact) mass is 349 g/mol. The fraction of sp³-hybridized carbons (Fsp3) is 0.333. The van der Waals surface area contributed by atoms with Crippen LogP contribution in [0.25, 0.3) is 0 Å². The van der Waals surface area contributed by atoms with Crippen LogP contribution in [-0.2, 0) is 15.4 Å². The van der Waals surface area contributed by atoms with Gasteiger partial charge in [-0.25, -0.2) is 17.5 Å². The normalized spacial score (nSPS) is 16.0. The van der Waals surface area contributed by atoms with E-state index in [1.54, 1.807) is 38.3 Å². The zero-order valence-corrected chi connectivity index (χ0v) is 14.5. The molecule has 0 heterocycles. The van der Waals surface area contributed by atoms with E-state index in [9.17, 15) is 12.8 Å². The van der Waals surface area contributed by atoms with Crippen LogP contribution in [-0.4, -0.2) is 22.1 Å². The standard InChI is InChI=1S/C18H20FNO3S/c1-13-11-16(7-8-17(13)23-2)24(21,22)20-12-18(9-10-18)14-3-5-15(19)6-4-14/h3-8,11,20H,9-10,12H2,1-2H3. The van der Waals surface area contributed by atoms with E-state index in [1.165, 1.54) is 18.2 Å². The minimum Gasteiger partial charge on any atom is -0.496 e. The van der Waals surface area contributed by atoms with Crippen molar-refractivity contribution >= 4 is 10.0 Å². The highest BCUT2D eigenvalue weighted by molar-refractivity contribution is 7.89. The number of halogens is 1. The largest absolute Gasteiger partial charge is 0.496 e. The fourth-order valence-electron chi connectivity index (χ4n) is 2.86. The van der Waals surface area contributed by atoms with Crippen molar-refractivity contribution in [2.75, 3.05) is 13.7 Å². The molecule has 1 aliphatic carbocycles. The number of ether oxygens (including phenoxy) is 1. The van der Waals surface area contributed by atoms with Gasteiger partial charge >= 0.3 is 0 Å². The van der Waals surface area contributed by atoms with Crippen LogP contribution in [0.1, 0.15) is 24.0 Å². The van der Waals surface area contributed by atoms with Crippen molar-refractivity contribution in [3.8, 4) is 5.75 Å². The number of rotatable bonds is 6. The van der Waals surface area contributed by atoms with Crippen LogP contribution in [0.15, 0.2) is 47.4 Å². The molecule has 6 heteroatoms. The first-order valence-electron chi connectivity index (χ1n) is 7.77. The van der Waals surface area contributed by atoms with Crippen LogP contribution in [0, 0.1) is 12.7 Å². The van der Waals surface area contributed by atoms with Crippen molar-refractivity contribution < 1.29 is 17.5 Å². The Morgan fingerprint density at radius 3 is 2.38 bits per heavy atom. The molecule has 1 N–H and O–H groups in total. The molecule has 2 aromatic rings. The molecule has 128 valence electrons. The van der Waals surface area contributed by atoms with Crippen LogP contribution < -0.4 is 9.46 Å². The van der Waals surface area contributed by atoms with Crippen LogP contribution in [0.2, 0.25) is 0 Å². The minimum absolute atomic E-state index is 0.218. The summed E-state index contributed by atoms with van der Waals surface area (Å²) in [6, 6.07) is 11.1. The third kappa shape index (κ3) is 3.30. The first-order valence-corrected chi connectivity index (χ1v) is 9.25. The van der Waals surface area contributed by atoms with Gasteiger partial charge < -0.3 is 4.74 Å². The van der Waals surface area contributed by atoms with Crippen LogP contribution in [0.4, 0.5) is 4.39 Å². The highest BCUT2D eigenvalue weighted by atomic mass is 32.2. The zero-order chi connectivity index (χ0) is 17.4. The van der Waals surface area contributed by atoms with E-state index >= 15 is 0 Å². The maximum atomic E-state index is 13.1. The van der Waals surface area contributed by atoms with Crippen molar-refractivity contribution in [2.24, 2.45) is 0 Å². The number of benzene rings is 2. The van der Waals surface area contributed by atoms with Gasteiger partial charge in [-0.3, -0.25) is 0 Å². The number of nitrogens with one attached hydrogen (secondary N) is 1. The summed E-state index contributed by atoms with van der Waals surface area (Å²) < 4.78 is 46.0. The minimum atomic E-state index is -3.60. The highest BCUT2D eigenvalue weighted by Gasteiger charge is 2.44. The fourth-order valence-corrected chi connectivity index (χ4v) is 4.07. The second-order valence-electron chi connectivity index (χ2n) is 6.24. The molecular weight excluding hydrogens is 329 g/mol. The molecule has 0 aromatic heterocycles. The molecule has 0 unspecified atom stereocenters. The summed E-state index contributed by atoms with van der Waals surface area (Å²) in [4.78, 5) is 0.218. The Hall–Kier alpha value is -1.92. The second kappa shape index (κ2) is 6.18. The van der Waals surface area contributed by atoms with Gasteiger partial charge in [-0.2, -0.15) is 0 Å². The van der Waals surface area contributed by atoms with Crippen molar-refractivity contribution in [1.82, 2.24) is 4.72 Å². The molecule has 0 amide bonds. The van der Waals surface area contributed by atoms with Gasteiger partial charge in [0.1, 0.15) is 11.6 Å². The highest BCUT2D eigenvalue weighted by Crippen LogP contribution is 2.47. The van der Waals surface area contributed by atoms with E-state index in [-0.39, 0.29) is 16.1 Å². The number of sulfonamides is 1. The molecule has 0 bridgehead atoms. The Morgan fingerprint density at radius 2 is 1.83 bits per heavy atom. The Kier molecular flexibility index (Phi) is 4.36. The van der Waals surface area contributed by atoms with Gasteiger partial charge in [-0.1, -0.05) is 12.1 Å². The first kappa shape index (κ1) is 16.9. The number of hydrogen-bond donors (Lipinski definition) is 1. The smallest absolute Gasteiger partial charge is 0.240 e. The van der Waals surface area contributed by atoms with E-state index in [1.807, 2.05) is 0 Å². The third-order valence-electron chi connectivity index (χ3n) is 4.59. The summed E-state index contributed by atoms with van der Waals surface area (Å²) in [7, 11) is -2.05. The molecule has 0 atom stereocenters. The zero-order valence-electron chi connectivity index (χ0n) is 13.7. The van der Waals surface area contributed by atoms with E-state index in [2.05, 4.69) is 4.72 Å². The second-order valence-corrected chi connectivity index (χ2v) is 8.01. The summed E-state index contributed by atoms with van der Waals surface area (Å²) in [5.41, 5.74) is 1.51. The average Bonchev–Trinajstić information content (AvgIpc) is 3.35. The molecule has 0 radical (unpaired) electrons. The molecule has 4 nitrogen and oxygen atoms in total. The van der Waals surface area contributed by atoms with Crippen molar-refractivity contribution in [3.63, 3.8) is 0 Å². The van der Waals surface area contributed by atoms with Crippen molar-refractivity contribution in [3.05, 3.63) is 59.4 Å². The molecular formula is C18H20FNO3S. The van der Waals surface area contributed by atoms with Crippen LogP contribution >= 0.6 is 0 Å². The molecule has 0 saturated heterocycles. The summed E-state index contributed by atoms with van der Waals surface area (Å²) in [5.74, 6) is 0.364. The van der Waals surface area contributed by atoms with E-state index in [0.29, 0.717) is 12.3 Å². The third-order valence-corrected chi connectivity index (χ3v) is 5.99. The summed E-state index contributed by atoms with van der Waals surface area (Å²) in [6.45, 7) is 2.12. The predicted octanol–water partition coefficient (Wildman–Crippen LogP) is 3.15. The quantitative estimate of drug-likeness (QED) is 0.872. The van der Waals surface area contributed by atoms with Gasteiger partial charge in [-0.15, -0.1) is 0 Å². The van der Waals surface area contributed by atoms with E-state index < -0.39 is 10.0 Å². The van der Waals surface area contributed by atoms with Gasteiger partial charge in [0.15, 0.2) is 0 Å². The molecule has 2 aromatic carbocycles. The van der Waals surface area contributed by atoms with Gasteiger partial charge in [0.05, 0.1) is 12.0 Å². The Morgan fingerprint density at radius 1 is 1.17 bits per heavy atom. The molecule has 1 saturated carbocycles. The SMILES string of the molecule is COc1ccc(S(=O)(=O)NCC2(c3ccc(F)cc3)CC2)cc1C. The van der Waals surface area contributed by atoms with Gasteiger partial charge in [-0.05, 0) is 61.2 Å². The van der Waals surface area contributed by atoms with Crippen LogP contribution in [0.5, 0.6) is 5.75 Å². The Bertz CT molecular complexity index is 843. The Balaban J connectivity index is 1.76. The van der Waals surface area contributed by atoms with Gasteiger partial charge in [0, 0.05) is 12.0 Å². The lowest BCUT2D eigenvalue weighted by Gasteiger charge is -2.17. The number of hydrogen-bond acceptors (Lipinski definition) is 3. The lowest BCUT2D eigenvalue weighted by molar-refractivity contribution is 0.411. The van der Waals surface area contributed by atoms with E-state index in [4.69, 9.17) is 4.74 Å². The maximum absolute atomic E-state index is 13.1.